The van der Waals surface area contributed by atoms with Gasteiger partial charge < -0.3 is 30.9 Å². The Balaban J connectivity index is 0.00000512. The molecule has 0 aliphatic heterocycles. The summed E-state index contributed by atoms with van der Waals surface area (Å²) < 4.78 is 12.8. The van der Waals surface area contributed by atoms with E-state index in [1.807, 2.05) is 0 Å². The van der Waals surface area contributed by atoms with E-state index in [0.29, 0.717) is 18.6 Å². The zero-order chi connectivity index (χ0) is 23.1. The van der Waals surface area contributed by atoms with Crippen LogP contribution in [0, 0.1) is 12.3 Å². The van der Waals surface area contributed by atoms with Gasteiger partial charge in [-0.25, -0.2) is 0 Å². The second-order valence-corrected chi connectivity index (χ2v) is 11.4. The number of aryl methyl sites for hydroxylation is 1. The van der Waals surface area contributed by atoms with E-state index in [1.54, 1.807) is 0 Å². The molecule has 2 rings (SSSR count). The monoisotopic (exact) mass is 505 g/mol. The Morgan fingerprint density at radius 1 is 0.844 bits per heavy atom. The second-order valence-electron chi connectivity index (χ2n) is 11.4. The molecule has 2 aromatic carbocycles. The zero-order valence-electron chi connectivity index (χ0n) is 21.5. The molecule has 0 amide bonds. The van der Waals surface area contributed by atoms with Gasteiger partial charge in [0.05, 0.1) is 27.3 Å². The molecule has 0 saturated carbocycles. The molecule has 180 valence electrons. The molecule has 0 unspecified atom stereocenters. The van der Waals surface area contributed by atoms with Crippen LogP contribution >= 0.6 is 0 Å². The lowest BCUT2D eigenvalue weighted by atomic mass is 9.72. The first-order valence-electron chi connectivity index (χ1n) is 11.6. The Labute approximate surface area is 207 Å². The largest absolute Gasteiger partial charge is 1.00 e. The fourth-order valence-corrected chi connectivity index (χ4v) is 4.44. The van der Waals surface area contributed by atoms with E-state index in [9.17, 15) is 0 Å². The van der Waals surface area contributed by atoms with Crippen molar-refractivity contribution in [3.63, 3.8) is 0 Å². The zero-order valence-corrected chi connectivity index (χ0v) is 23.1. The summed E-state index contributed by atoms with van der Waals surface area (Å²) in [4.78, 5) is 0. The fourth-order valence-electron chi connectivity index (χ4n) is 4.44. The number of halogens is 1. The van der Waals surface area contributed by atoms with Gasteiger partial charge in [0.2, 0.25) is 0 Å². The summed E-state index contributed by atoms with van der Waals surface area (Å²) in [6.45, 7) is 17.6. The summed E-state index contributed by atoms with van der Waals surface area (Å²) in [6.07, 6.45) is 1.15. The molecule has 0 spiro atoms. The molecular formula is C28H44BrNO2. The highest BCUT2D eigenvalue weighted by Gasteiger charge is 2.27. The van der Waals surface area contributed by atoms with Crippen molar-refractivity contribution in [2.75, 3.05) is 40.5 Å². The van der Waals surface area contributed by atoms with Crippen LogP contribution in [0.2, 0.25) is 0 Å². The van der Waals surface area contributed by atoms with Gasteiger partial charge in [0, 0.05) is 5.56 Å². The van der Waals surface area contributed by atoms with Crippen LogP contribution in [0.3, 0.4) is 0 Å². The molecule has 0 fully saturated rings. The Bertz CT molecular complexity index is 810. The van der Waals surface area contributed by atoms with Crippen LogP contribution in [0.15, 0.2) is 48.5 Å². The van der Waals surface area contributed by atoms with Crippen LogP contribution in [-0.2, 0) is 16.7 Å². The first-order chi connectivity index (χ1) is 14.4. The molecule has 0 N–H and O–H groups in total. The standard InChI is InChI=1S/C28H44NO2.BrH/c1-23-20-25(28(5,6)22-27(2,3)4)14-15-26(23)31-19-18-30-17-16-29(7,8)21-24-12-10-9-11-13-24;/h9-15,20H,16-19,21-22H2,1-8H3;1H/q+1;/p-1. The normalized spacial score (nSPS) is 12.4. The number of ether oxygens (including phenoxy) is 2. The van der Waals surface area contributed by atoms with Gasteiger partial charge in [-0.1, -0.05) is 77.1 Å². The molecule has 0 saturated heterocycles. The van der Waals surface area contributed by atoms with Gasteiger partial charge in [-0.3, -0.25) is 0 Å². The third-order valence-corrected chi connectivity index (χ3v) is 5.71. The SMILES string of the molecule is Cc1cc(C(C)(C)CC(C)(C)C)ccc1OCCOCC[N+](C)(C)Cc1ccccc1.[Br-]. The van der Waals surface area contributed by atoms with Crippen LogP contribution in [0.5, 0.6) is 5.75 Å². The van der Waals surface area contributed by atoms with Gasteiger partial charge in [-0.15, -0.1) is 0 Å². The smallest absolute Gasteiger partial charge is 0.122 e. The van der Waals surface area contributed by atoms with Crippen molar-refractivity contribution in [1.82, 2.24) is 0 Å². The van der Waals surface area contributed by atoms with E-state index in [0.717, 1.165) is 36.3 Å². The predicted octanol–water partition coefficient (Wildman–Crippen LogP) is 3.38. The second kappa shape index (κ2) is 12.2. The molecule has 32 heavy (non-hydrogen) atoms. The lowest BCUT2D eigenvalue weighted by Crippen LogP contribution is -3.00. The highest BCUT2D eigenvalue weighted by atomic mass is 79.9. The van der Waals surface area contributed by atoms with Crippen LogP contribution in [0.1, 0.15) is 57.7 Å². The minimum absolute atomic E-state index is 0. The fraction of sp³-hybridized carbons (Fsp3) is 0.571. The molecule has 0 aromatic heterocycles. The first-order valence-corrected chi connectivity index (χ1v) is 11.6. The molecule has 0 aliphatic rings. The van der Waals surface area contributed by atoms with Gasteiger partial charge in [0.25, 0.3) is 0 Å². The maximum atomic E-state index is 6.00. The molecular weight excluding hydrogens is 462 g/mol. The minimum atomic E-state index is 0. The minimum Gasteiger partial charge on any atom is -1.00 e. The lowest BCUT2D eigenvalue weighted by Gasteiger charge is -2.33. The summed E-state index contributed by atoms with van der Waals surface area (Å²) in [5.41, 5.74) is 4.39. The van der Waals surface area contributed by atoms with Crippen molar-refractivity contribution in [1.29, 1.82) is 0 Å². The van der Waals surface area contributed by atoms with Crippen molar-refractivity contribution >= 4 is 0 Å². The van der Waals surface area contributed by atoms with E-state index < -0.39 is 0 Å². The molecule has 0 aliphatic carbocycles. The summed E-state index contributed by atoms with van der Waals surface area (Å²) in [7, 11) is 4.50. The Morgan fingerprint density at radius 2 is 1.50 bits per heavy atom. The summed E-state index contributed by atoms with van der Waals surface area (Å²) in [6, 6.07) is 17.3. The van der Waals surface area contributed by atoms with Crippen LogP contribution in [-0.4, -0.2) is 44.9 Å². The molecule has 0 heterocycles. The number of nitrogens with zero attached hydrogens (tertiary/aromatic N) is 1. The topological polar surface area (TPSA) is 18.5 Å². The number of quaternary nitrogens is 1. The number of benzene rings is 2. The van der Waals surface area contributed by atoms with E-state index in [4.69, 9.17) is 9.47 Å². The number of hydrogen-bond acceptors (Lipinski definition) is 2. The van der Waals surface area contributed by atoms with E-state index in [-0.39, 0.29) is 22.4 Å². The van der Waals surface area contributed by atoms with E-state index in [1.165, 1.54) is 16.7 Å². The van der Waals surface area contributed by atoms with Crippen LogP contribution < -0.4 is 21.7 Å². The van der Waals surface area contributed by atoms with E-state index >= 15 is 0 Å². The highest BCUT2D eigenvalue weighted by molar-refractivity contribution is 5.39. The van der Waals surface area contributed by atoms with Crippen molar-refractivity contribution < 1.29 is 30.9 Å². The molecule has 0 radical (unpaired) electrons. The van der Waals surface area contributed by atoms with Crippen LogP contribution in [0.25, 0.3) is 0 Å². The third-order valence-electron chi connectivity index (χ3n) is 5.71. The predicted molar refractivity (Wildman–Crippen MR) is 132 cm³/mol. The quantitative estimate of drug-likeness (QED) is 0.344. The Morgan fingerprint density at radius 3 is 2.09 bits per heavy atom. The van der Waals surface area contributed by atoms with Crippen molar-refractivity contribution in [3.8, 4) is 5.75 Å². The molecule has 2 aromatic rings. The Kier molecular flexibility index (Phi) is 10.9. The summed E-state index contributed by atoms with van der Waals surface area (Å²) in [5.74, 6) is 0.957. The number of hydrogen-bond donors (Lipinski definition) is 0. The van der Waals surface area contributed by atoms with Gasteiger partial charge >= 0.3 is 0 Å². The Hall–Kier alpha value is -1.36. The number of rotatable bonds is 11. The van der Waals surface area contributed by atoms with Crippen molar-refractivity contribution in [2.24, 2.45) is 5.41 Å². The molecule has 3 nitrogen and oxygen atoms in total. The number of likely N-dealkylation sites (N-methyl/N-ethyl adjacent to an activating group) is 1. The summed E-state index contributed by atoms with van der Waals surface area (Å²) >= 11 is 0. The van der Waals surface area contributed by atoms with Gasteiger partial charge in [-0.2, -0.15) is 0 Å². The molecule has 4 heteroatoms. The van der Waals surface area contributed by atoms with Crippen molar-refractivity contribution in [2.45, 2.75) is 59.9 Å². The third kappa shape index (κ3) is 10.1. The van der Waals surface area contributed by atoms with Gasteiger partial charge in [0.15, 0.2) is 0 Å². The molecule has 0 bridgehead atoms. The maximum Gasteiger partial charge on any atom is 0.122 e. The van der Waals surface area contributed by atoms with Gasteiger partial charge in [0.1, 0.15) is 25.4 Å². The maximum absolute atomic E-state index is 6.00. The van der Waals surface area contributed by atoms with Gasteiger partial charge in [-0.05, 0) is 41.4 Å². The van der Waals surface area contributed by atoms with Crippen molar-refractivity contribution in [3.05, 3.63) is 65.2 Å². The average Bonchev–Trinajstić information content (AvgIpc) is 2.64. The first kappa shape index (κ1) is 28.7. The lowest BCUT2D eigenvalue weighted by molar-refractivity contribution is -0.904. The molecule has 0 atom stereocenters. The highest BCUT2D eigenvalue weighted by Crippen LogP contribution is 2.37. The average molecular weight is 507 g/mol. The van der Waals surface area contributed by atoms with E-state index in [2.05, 4.69) is 104 Å². The summed E-state index contributed by atoms with van der Waals surface area (Å²) in [5, 5.41) is 0. The van der Waals surface area contributed by atoms with Crippen LogP contribution in [0.4, 0.5) is 0 Å².